The van der Waals surface area contributed by atoms with Gasteiger partial charge in [-0.05, 0) is 38.5 Å². The van der Waals surface area contributed by atoms with Gasteiger partial charge in [0.1, 0.15) is 11.6 Å². The summed E-state index contributed by atoms with van der Waals surface area (Å²) in [5.74, 6) is 0.426. The number of morpholine rings is 1. The fourth-order valence-electron chi connectivity index (χ4n) is 3.63. The van der Waals surface area contributed by atoms with Crippen molar-refractivity contribution in [2.75, 3.05) is 13.1 Å². The molecule has 0 bridgehead atoms. The predicted molar refractivity (Wildman–Crippen MR) is 97.1 cm³/mol. The Morgan fingerprint density at radius 2 is 1.88 bits per heavy atom. The molecule has 138 valence electrons. The summed E-state index contributed by atoms with van der Waals surface area (Å²) in [6.07, 6.45) is 0.154. The fraction of sp³-hybridized carbons (Fsp3) is 0.444. The predicted octanol–water partition coefficient (Wildman–Crippen LogP) is 3.14. The second-order valence-corrected chi connectivity index (χ2v) is 7.82. The molecular formula is C18H21FN4O2S. The van der Waals surface area contributed by atoms with Gasteiger partial charge < -0.3 is 9.84 Å². The van der Waals surface area contributed by atoms with Gasteiger partial charge in [-0.25, -0.2) is 9.37 Å². The molecule has 0 unspecified atom stereocenters. The molecule has 1 N–H and O–H groups in total. The monoisotopic (exact) mass is 376 g/mol. The van der Waals surface area contributed by atoms with Gasteiger partial charge in [0, 0.05) is 13.1 Å². The van der Waals surface area contributed by atoms with E-state index in [1.165, 1.54) is 28.0 Å². The Morgan fingerprint density at radius 1 is 1.23 bits per heavy atom. The number of hydrogen-bond donors (Lipinski definition) is 1. The van der Waals surface area contributed by atoms with Crippen molar-refractivity contribution >= 4 is 16.3 Å². The summed E-state index contributed by atoms with van der Waals surface area (Å²) in [6, 6.07) is 6.23. The molecule has 0 radical (unpaired) electrons. The zero-order valence-electron chi connectivity index (χ0n) is 14.9. The highest BCUT2D eigenvalue weighted by Crippen LogP contribution is 2.40. The van der Waals surface area contributed by atoms with Gasteiger partial charge in [-0.15, -0.1) is 5.10 Å². The summed E-state index contributed by atoms with van der Waals surface area (Å²) in [4.78, 5) is 8.04. The minimum atomic E-state index is -0.279. The van der Waals surface area contributed by atoms with Crippen LogP contribution >= 0.6 is 11.3 Å². The van der Waals surface area contributed by atoms with Gasteiger partial charge in [0.2, 0.25) is 10.8 Å². The normalized spacial score (nSPS) is 22.8. The van der Waals surface area contributed by atoms with Crippen molar-refractivity contribution in [2.24, 2.45) is 0 Å². The number of benzene rings is 1. The van der Waals surface area contributed by atoms with Crippen LogP contribution in [0.5, 0.6) is 5.88 Å². The molecule has 1 saturated heterocycles. The lowest BCUT2D eigenvalue weighted by molar-refractivity contribution is -0.0764. The molecule has 1 aliphatic rings. The number of ether oxygens (including phenoxy) is 1. The number of aromatic hydroxyl groups is 1. The van der Waals surface area contributed by atoms with Crippen LogP contribution in [0.2, 0.25) is 0 Å². The van der Waals surface area contributed by atoms with Crippen LogP contribution in [0.25, 0.3) is 4.96 Å². The van der Waals surface area contributed by atoms with E-state index in [2.05, 4.69) is 15.0 Å². The van der Waals surface area contributed by atoms with Crippen LogP contribution in [-0.2, 0) is 4.74 Å². The van der Waals surface area contributed by atoms with Crippen LogP contribution in [0.3, 0.4) is 0 Å². The lowest BCUT2D eigenvalue weighted by Crippen LogP contribution is -2.47. The Hall–Kier alpha value is -2.03. The number of aryl methyl sites for hydroxylation is 1. The molecule has 0 amide bonds. The molecule has 3 atom stereocenters. The molecule has 3 aromatic rings. The number of nitrogens with zero attached hydrogens (tertiary/aromatic N) is 4. The van der Waals surface area contributed by atoms with Gasteiger partial charge in [-0.3, -0.25) is 4.90 Å². The van der Waals surface area contributed by atoms with Crippen LogP contribution in [0.4, 0.5) is 4.39 Å². The number of rotatable bonds is 3. The molecule has 6 nitrogen and oxygen atoms in total. The summed E-state index contributed by atoms with van der Waals surface area (Å²) >= 11 is 1.41. The zero-order chi connectivity index (χ0) is 18.4. The second-order valence-electron chi connectivity index (χ2n) is 6.81. The first-order valence-electron chi connectivity index (χ1n) is 8.62. The van der Waals surface area contributed by atoms with Crippen LogP contribution in [0.1, 0.15) is 36.2 Å². The van der Waals surface area contributed by atoms with Gasteiger partial charge in [0.15, 0.2) is 0 Å². The van der Waals surface area contributed by atoms with Crippen molar-refractivity contribution in [2.45, 2.75) is 39.0 Å². The highest BCUT2D eigenvalue weighted by Gasteiger charge is 2.34. The molecular weight excluding hydrogens is 355 g/mol. The Balaban J connectivity index is 1.82. The van der Waals surface area contributed by atoms with E-state index in [-0.39, 0.29) is 29.9 Å². The molecule has 0 spiro atoms. The standard InChI is InChI=1S/C18H21FN4O2S/c1-10-8-22(9-11(2)25-10)15(13-4-6-14(19)7-5-13)16-17(24)23-18(26-16)20-12(3)21-23/h4-7,10-11,15,24H,8-9H2,1-3H3/t10-,11+,15-/m0/s1. The van der Waals surface area contributed by atoms with Crippen molar-refractivity contribution in [1.82, 2.24) is 19.5 Å². The molecule has 0 saturated carbocycles. The first kappa shape index (κ1) is 17.4. The maximum Gasteiger partial charge on any atom is 0.230 e. The first-order chi connectivity index (χ1) is 12.4. The highest BCUT2D eigenvalue weighted by atomic mass is 32.1. The van der Waals surface area contributed by atoms with E-state index in [4.69, 9.17) is 4.74 Å². The molecule has 1 fully saturated rings. The van der Waals surface area contributed by atoms with Crippen molar-refractivity contribution in [3.05, 3.63) is 46.3 Å². The Bertz CT molecular complexity index is 913. The van der Waals surface area contributed by atoms with E-state index in [0.29, 0.717) is 10.8 Å². The third kappa shape index (κ3) is 3.08. The summed E-state index contributed by atoms with van der Waals surface area (Å²) in [5, 5.41) is 15.1. The molecule has 0 aliphatic carbocycles. The van der Waals surface area contributed by atoms with Crippen LogP contribution in [0, 0.1) is 12.7 Å². The molecule has 26 heavy (non-hydrogen) atoms. The summed E-state index contributed by atoms with van der Waals surface area (Å²) in [6.45, 7) is 7.31. The zero-order valence-corrected chi connectivity index (χ0v) is 15.7. The van der Waals surface area contributed by atoms with Gasteiger partial charge in [-0.1, -0.05) is 23.5 Å². The summed E-state index contributed by atoms with van der Waals surface area (Å²) in [7, 11) is 0. The Kier molecular flexibility index (Phi) is 4.42. The lowest BCUT2D eigenvalue weighted by Gasteiger charge is -2.40. The van der Waals surface area contributed by atoms with Gasteiger partial charge in [0.05, 0.1) is 23.1 Å². The smallest absolute Gasteiger partial charge is 0.230 e. The molecule has 3 heterocycles. The van der Waals surface area contributed by atoms with Crippen molar-refractivity contribution in [3.8, 4) is 5.88 Å². The summed E-state index contributed by atoms with van der Waals surface area (Å²) < 4.78 is 20.8. The van der Waals surface area contributed by atoms with Crippen LogP contribution in [-0.4, -0.2) is 49.9 Å². The average molecular weight is 376 g/mol. The maximum atomic E-state index is 13.5. The van der Waals surface area contributed by atoms with Gasteiger partial charge in [-0.2, -0.15) is 4.52 Å². The minimum absolute atomic E-state index is 0.0771. The molecule has 4 rings (SSSR count). The number of fused-ring (bicyclic) bond motifs is 1. The largest absolute Gasteiger partial charge is 0.492 e. The van der Waals surface area contributed by atoms with Crippen molar-refractivity contribution < 1.29 is 14.2 Å². The third-order valence-electron chi connectivity index (χ3n) is 4.55. The fourth-order valence-corrected chi connectivity index (χ4v) is 4.79. The molecule has 1 aromatic carbocycles. The topological polar surface area (TPSA) is 62.9 Å². The third-order valence-corrected chi connectivity index (χ3v) is 5.63. The number of halogens is 1. The van der Waals surface area contributed by atoms with E-state index in [1.54, 1.807) is 19.1 Å². The van der Waals surface area contributed by atoms with E-state index >= 15 is 0 Å². The quantitative estimate of drug-likeness (QED) is 0.761. The number of aromatic nitrogens is 3. The second kappa shape index (κ2) is 6.61. The number of thiazole rings is 1. The molecule has 2 aromatic heterocycles. The van der Waals surface area contributed by atoms with Gasteiger partial charge >= 0.3 is 0 Å². The van der Waals surface area contributed by atoms with E-state index in [9.17, 15) is 9.50 Å². The molecule has 1 aliphatic heterocycles. The van der Waals surface area contributed by atoms with Gasteiger partial charge in [0.25, 0.3) is 0 Å². The van der Waals surface area contributed by atoms with E-state index in [1.807, 2.05) is 13.8 Å². The van der Waals surface area contributed by atoms with Crippen molar-refractivity contribution in [3.63, 3.8) is 0 Å². The highest BCUT2D eigenvalue weighted by molar-refractivity contribution is 7.17. The van der Waals surface area contributed by atoms with E-state index in [0.717, 1.165) is 23.5 Å². The SMILES string of the molecule is Cc1nc2sc([C@H](c3ccc(F)cc3)N3C[C@@H](C)O[C@@H](C)C3)c(O)n2n1. The van der Waals surface area contributed by atoms with Crippen molar-refractivity contribution in [1.29, 1.82) is 0 Å². The van der Waals surface area contributed by atoms with E-state index < -0.39 is 0 Å². The Morgan fingerprint density at radius 3 is 2.50 bits per heavy atom. The maximum absolute atomic E-state index is 13.5. The Labute approximate surface area is 154 Å². The molecule has 8 heteroatoms. The average Bonchev–Trinajstić information content (AvgIpc) is 3.07. The lowest BCUT2D eigenvalue weighted by atomic mass is 10.0. The summed E-state index contributed by atoms with van der Waals surface area (Å²) in [5.41, 5.74) is 0.921. The van der Waals surface area contributed by atoms with Crippen LogP contribution in [0.15, 0.2) is 24.3 Å². The number of hydrogen-bond acceptors (Lipinski definition) is 6. The first-order valence-corrected chi connectivity index (χ1v) is 9.44. The van der Waals surface area contributed by atoms with Crippen LogP contribution < -0.4 is 0 Å². The minimum Gasteiger partial charge on any atom is -0.492 e.